The van der Waals surface area contributed by atoms with Gasteiger partial charge in [0, 0.05) is 13.0 Å². The highest BCUT2D eigenvalue weighted by molar-refractivity contribution is 5.76. The molecule has 1 atom stereocenters. The van der Waals surface area contributed by atoms with E-state index < -0.39 is 55.0 Å². The summed E-state index contributed by atoms with van der Waals surface area (Å²) in [6, 6.07) is 16.8. The average molecular weight is 558 g/mol. The molecule has 0 aliphatic heterocycles. The standard InChI is InChI=1S/C26H24F6N2O5/c27-25(28,29)38-21-10-4-8-18(12-21)24(14-17-6-2-1-3-7-17,34-23(37)33-15-20(36)16-35)19-9-5-11-22(13-19)39-26(30,31)32/h1-13,20,35-36H,14-16H2,(H2,33,34,37). The van der Waals surface area contributed by atoms with E-state index in [2.05, 4.69) is 20.1 Å². The van der Waals surface area contributed by atoms with Crippen LogP contribution < -0.4 is 20.1 Å². The number of nitrogens with one attached hydrogen (secondary N) is 2. The number of halogens is 6. The molecule has 4 N–H and O–H groups in total. The second-order valence-corrected chi connectivity index (χ2v) is 8.39. The molecule has 0 fully saturated rings. The van der Waals surface area contributed by atoms with Gasteiger partial charge in [-0.05, 0) is 41.0 Å². The van der Waals surface area contributed by atoms with Crippen molar-refractivity contribution < 1.29 is 50.8 Å². The first-order valence-electron chi connectivity index (χ1n) is 11.4. The summed E-state index contributed by atoms with van der Waals surface area (Å²) in [5.41, 5.74) is -1.13. The minimum absolute atomic E-state index is 0.0371. The second kappa shape index (κ2) is 12.3. The Labute approximate surface area is 219 Å². The predicted molar refractivity (Wildman–Crippen MR) is 127 cm³/mol. The fraction of sp³-hybridized carbons (Fsp3) is 0.269. The van der Waals surface area contributed by atoms with Gasteiger partial charge in [0.05, 0.1) is 18.2 Å². The number of hydrogen-bond donors (Lipinski definition) is 4. The summed E-state index contributed by atoms with van der Waals surface area (Å²) >= 11 is 0. The molecular weight excluding hydrogens is 534 g/mol. The van der Waals surface area contributed by atoms with Crippen LogP contribution in [0.5, 0.6) is 11.5 Å². The Kier molecular flexibility index (Phi) is 9.30. The number of aliphatic hydroxyl groups is 2. The number of ether oxygens (including phenoxy) is 2. The zero-order valence-corrected chi connectivity index (χ0v) is 20.1. The largest absolute Gasteiger partial charge is 0.573 e. The highest BCUT2D eigenvalue weighted by atomic mass is 19.4. The predicted octanol–water partition coefficient (Wildman–Crippen LogP) is 4.62. The molecule has 1 unspecified atom stereocenters. The van der Waals surface area contributed by atoms with Crippen LogP contribution >= 0.6 is 0 Å². The van der Waals surface area contributed by atoms with E-state index in [4.69, 9.17) is 5.11 Å². The number of amides is 2. The van der Waals surface area contributed by atoms with Gasteiger partial charge in [-0.1, -0.05) is 54.6 Å². The van der Waals surface area contributed by atoms with E-state index in [9.17, 15) is 36.2 Å². The Morgan fingerprint density at radius 2 is 1.31 bits per heavy atom. The average Bonchev–Trinajstić information content (AvgIpc) is 2.85. The molecule has 3 aromatic carbocycles. The molecule has 13 heteroatoms. The fourth-order valence-corrected chi connectivity index (χ4v) is 3.89. The highest BCUT2D eigenvalue weighted by Gasteiger charge is 2.39. The van der Waals surface area contributed by atoms with Crippen LogP contribution in [-0.2, 0) is 12.0 Å². The number of benzene rings is 3. The molecule has 0 heterocycles. The Bertz CT molecular complexity index is 1180. The topological polar surface area (TPSA) is 100 Å². The Morgan fingerprint density at radius 1 is 0.795 bits per heavy atom. The first-order chi connectivity index (χ1) is 18.3. The number of rotatable bonds is 10. The molecule has 0 spiro atoms. The molecule has 0 aromatic heterocycles. The van der Waals surface area contributed by atoms with Crippen molar-refractivity contribution in [3.05, 3.63) is 95.6 Å². The van der Waals surface area contributed by atoms with Gasteiger partial charge < -0.3 is 30.3 Å². The maximum Gasteiger partial charge on any atom is 0.573 e. The van der Waals surface area contributed by atoms with Crippen LogP contribution in [0.15, 0.2) is 78.9 Å². The number of hydrogen-bond acceptors (Lipinski definition) is 5. The smallest absolute Gasteiger partial charge is 0.406 e. The molecule has 0 saturated heterocycles. The summed E-state index contributed by atoms with van der Waals surface area (Å²) < 4.78 is 86.1. The van der Waals surface area contributed by atoms with Crippen LogP contribution in [-0.4, -0.2) is 48.2 Å². The number of alkyl halides is 6. The summed E-state index contributed by atoms with van der Waals surface area (Å²) in [6.07, 6.45) is -11.5. The van der Waals surface area contributed by atoms with Gasteiger partial charge in [-0.15, -0.1) is 26.3 Å². The van der Waals surface area contributed by atoms with Crippen LogP contribution in [0.4, 0.5) is 31.1 Å². The normalized spacial score (nSPS) is 12.9. The Hall–Kier alpha value is -3.97. The van der Waals surface area contributed by atoms with Crippen molar-refractivity contribution in [2.24, 2.45) is 0 Å². The molecule has 3 aromatic rings. The zero-order valence-electron chi connectivity index (χ0n) is 20.1. The molecule has 210 valence electrons. The summed E-state index contributed by atoms with van der Waals surface area (Å²) in [5, 5.41) is 23.7. The summed E-state index contributed by atoms with van der Waals surface area (Å²) in [6.45, 7) is -1.05. The zero-order chi connectivity index (χ0) is 28.7. The van der Waals surface area contributed by atoms with Gasteiger partial charge in [-0.2, -0.15) is 0 Å². The molecule has 2 amide bonds. The van der Waals surface area contributed by atoms with Crippen molar-refractivity contribution in [2.45, 2.75) is 30.8 Å². The van der Waals surface area contributed by atoms with Crippen LogP contribution in [0.2, 0.25) is 0 Å². The van der Waals surface area contributed by atoms with E-state index in [0.29, 0.717) is 5.56 Å². The van der Waals surface area contributed by atoms with E-state index in [1.165, 1.54) is 24.3 Å². The lowest BCUT2D eigenvalue weighted by Crippen LogP contribution is -2.53. The van der Waals surface area contributed by atoms with Crippen molar-refractivity contribution in [3.8, 4) is 11.5 Å². The van der Waals surface area contributed by atoms with Gasteiger partial charge in [0.15, 0.2) is 0 Å². The maximum atomic E-state index is 13.0. The van der Waals surface area contributed by atoms with Crippen molar-refractivity contribution in [3.63, 3.8) is 0 Å². The lowest BCUT2D eigenvalue weighted by Gasteiger charge is -2.37. The maximum absolute atomic E-state index is 13.0. The van der Waals surface area contributed by atoms with Crippen LogP contribution in [0.25, 0.3) is 0 Å². The third-order valence-corrected chi connectivity index (χ3v) is 5.47. The van der Waals surface area contributed by atoms with Gasteiger partial charge in [-0.25, -0.2) is 4.79 Å². The lowest BCUT2D eigenvalue weighted by molar-refractivity contribution is -0.275. The SMILES string of the molecule is O=C(NCC(O)CO)NC(Cc1ccccc1)(c1cccc(OC(F)(F)F)c1)c1cccc(OC(F)(F)F)c1. The Morgan fingerprint density at radius 3 is 1.77 bits per heavy atom. The van der Waals surface area contributed by atoms with E-state index in [1.807, 2.05) is 0 Å². The third-order valence-electron chi connectivity index (χ3n) is 5.47. The van der Waals surface area contributed by atoms with Gasteiger partial charge in [-0.3, -0.25) is 0 Å². The van der Waals surface area contributed by atoms with E-state index in [1.54, 1.807) is 30.3 Å². The number of urea groups is 1. The van der Waals surface area contributed by atoms with Gasteiger partial charge in [0.1, 0.15) is 11.5 Å². The molecule has 0 aliphatic rings. The molecule has 3 rings (SSSR count). The minimum atomic E-state index is -5.04. The summed E-state index contributed by atoms with van der Waals surface area (Å²) in [5.74, 6) is -1.25. The molecule has 0 saturated carbocycles. The van der Waals surface area contributed by atoms with Crippen molar-refractivity contribution in [2.75, 3.05) is 13.2 Å². The number of aliphatic hydroxyl groups excluding tert-OH is 2. The van der Waals surface area contributed by atoms with E-state index in [0.717, 1.165) is 24.3 Å². The van der Waals surface area contributed by atoms with Crippen LogP contribution in [0.1, 0.15) is 16.7 Å². The summed E-state index contributed by atoms with van der Waals surface area (Å²) in [4.78, 5) is 13.0. The van der Waals surface area contributed by atoms with E-state index in [-0.39, 0.29) is 17.5 Å². The highest BCUT2D eigenvalue weighted by Crippen LogP contribution is 2.38. The Balaban J connectivity index is 2.21. The molecule has 39 heavy (non-hydrogen) atoms. The third kappa shape index (κ3) is 8.79. The fourth-order valence-electron chi connectivity index (χ4n) is 3.89. The minimum Gasteiger partial charge on any atom is -0.406 e. The van der Waals surface area contributed by atoms with Crippen LogP contribution in [0.3, 0.4) is 0 Å². The molecule has 0 radical (unpaired) electrons. The lowest BCUT2D eigenvalue weighted by atomic mass is 9.77. The molecule has 0 bridgehead atoms. The van der Waals surface area contributed by atoms with Gasteiger partial charge in [0.2, 0.25) is 0 Å². The number of carbonyl (C=O) groups is 1. The quantitative estimate of drug-likeness (QED) is 0.272. The first kappa shape index (κ1) is 29.6. The van der Waals surface area contributed by atoms with Gasteiger partial charge in [0.25, 0.3) is 0 Å². The van der Waals surface area contributed by atoms with Crippen molar-refractivity contribution >= 4 is 6.03 Å². The molecule has 7 nitrogen and oxygen atoms in total. The van der Waals surface area contributed by atoms with Crippen molar-refractivity contribution in [1.82, 2.24) is 10.6 Å². The van der Waals surface area contributed by atoms with Crippen molar-refractivity contribution in [1.29, 1.82) is 0 Å². The van der Waals surface area contributed by atoms with Gasteiger partial charge >= 0.3 is 18.8 Å². The molecular formula is C26H24F6N2O5. The summed E-state index contributed by atoms with van der Waals surface area (Å²) in [7, 11) is 0. The molecule has 0 aliphatic carbocycles. The first-order valence-corrected chi connectivity index (χ1v) is 11.4. The number of carbonyl (C=O) groups excluding carboxylic acids is 1. The second-order valence-electron chi connectivity index (χ2n) is 8.39. The van der Waals surface area contributed by atoms with E-state index >= 15 is 0 Å². The van der Waals surface area contributed by atoms with Crippen LogP contribution in [0, 0.1) is 0 Å². The monoisotopic (exact) mass is 558 g/mol.